The quantitative estimate of drug-likeness (QED) is 0.706. The topological polar surface area (TPSA) is 78.4 Å². The van der Waals surface area contributed by atoms with Crippen molar-refractivity contribution in [1.29, 1.82) is 0 Å². The second-order valence-electron chi connectivity index (χ2n) is 4.67. The van der Waals surface area contributed by atoms with E-state index in [4.69, 9.17) is 5.11 Å². The first kappa shape index (κ1) is 15.1. The van der Waals surface area contributed by atoms with E-state index < -0.39 is 29.1 Å². The molecule has 1 aromatic rings. The molecule has 1 atom stereocenters. The van der Waals surface area contributed by atoms with Crippen LogP contribution in [-0.2, 0) is 10.0 Å². The first-order valence-electron chi connectivity index (χ1n) is 6.21. The SMILES string of the molecule is O=S(=O)(NC1CC1)c1ccccc1NCC(O)C(F)F. The van der Waals surface area contributed by atoms with Crippen LogP contribution in [0.2, 0.25) is 0 Å². The number of para-hydroxylation sites is 1. The number of halogens is 2. The maximum absolute atomic E-state index is 12.2. The van der Waals surface area contributed by atoms with E-state index in [0.29, 0.717) is 0 Å². The minimum atomic E-state index is -3.68. The molecule has 0 saturated heterocycles. The third-order valence-electron chi connectivity index (χ3n) is 2.87. The molecule has 1 unspecified atom stereocenters. The molecular formula is C12H16F2N2O3S. The van der Waals surface area contributed by atoms with Crippen molar-refractivity contribution in [3.8, 4) is 0 Å². The third kappa shape index (κ3) is 3.87. The fraction of sp³-hybridized carbons (Fsp3) is 0.500. The molecule has 0 heterocycles. The Kier molecular flexibility index (Phi) is 4.56. The van der Waals surface area contributed by atoms with E-state index in [1.165, 1.54) is 12.1 Å². The molecule has 8 heteroatoms. The molecule has 1 fully saturated rings. The van der Waals surface area contributed by atoms with Crippen LogP contribution in [0.3, 0.4) is 0 Å². The average molecular weight is 306 g/mol. The van der Waals surface area contributed by atoms with Gasteiger partial charge in [0.2, 0.25) is 10.0 Å². The highest BCUT2D eigenvalue weighted by Crippen LogP contribution is 2.26. The van der Waals surface area contributed by atoms with Gasteiger partial charge in [0.15, 0.2) is 0 Å². The van der Waals surface area contributed by atoms with Crippen LogP contribution in [0.15, 0.2) is 29.2 Å². The highest BCUT2D eigenvalue weighted by atomic mass is 32.2. The van der Waals surface area contributed by atoms with Gasteiger partial charge in [-0.3, -0.25) is 0 Å². The van der Waals surface area contributed by atoms with Crippen molar-refractivity contribution in [2.24, 2.45) is 0 Å². The maximum atomic E-state index is 12.2. The van der Waals surface area contributed by atoms with E-state index >= 15 is 0 Å². The summed E-state index contributed by atoms with van der Waals surface area (Å²) in [6.07, 6.45) is -3.12. The summed E-state index contributed by atoms with van der Waals surface area (Å²) in [7, 11) is -3.68. The van der Waals surface area contributed by atoms with Crippen LogP contribution in [0.1, 0.15) is 12.8 Å². The lowest BCUT2D eigenvalue weighted by atomic mass is 10.3. The Balaban J connectivity index is 2.13. The number of rotatable bonds is 7. The normalized spacial score (nSPS) is 17.2. The number of hydrogen-bond donors (Lipinski definition) is 3. The molecular weight excluding hydrogens is 290 g/mol. The number of anilines is 1. The number of aliphatic hydroxyl groups is 1. The zero-order chi connectivity index (χ0) is 14.8. The Morgan fingerprint density at radius 1 is 1.30 bits per heavy atom. The lowest BCUT2D eigenvalue weighted by Crippen LogP contribution is -2.29. The Labute approximate surface area is 116 Å². The molecule has 20 heavy (non-hydrogen) atoms. The number of alkyl halides is 2. The molecule has 5 nitrogen and oxygen atoms in total. The lowest BCUT2D eigenvalue weighted by molar-refractivity contribution is 0.00382. The molecule has 0 radical (unpaired) electrons. The molecule has 0 bridgehead atoms. The molecule has 1 aromatic carbocycles. The first-order valence-corrected chi connectivity index (χ1v) is 7.70. The molecule has 3 N–H and O–H groups in total. The van der Waals surface area contributed by atoms with Crippen molar-refractivity contribution < 1.29 is 22.3 Å². The minimum Gasteiger partial charge on any atom is -0.385 e. The monoisotopic (exact) mass is 306 g/mol. The zero-order valence-corrected chi connectivity index (χ0v) is 11.4. The predicted octanol–water partition coefficient (Wildman–Crippen LogP) is 1.17. The van der Waals surface area contributed by atoms with Crippen LogP contribution in [0.4, 0.5) is 14.5 Å². The summed E-state index contributed by atoms with van der Waals surface area (Å²) in [5.41, 5.74) is 0.195. The van der Waals surface area contributed by atoms with Crippen LogP contribution < -0.4 is 10.0 Å². The number of sulfonamides is 1. The summed E-state index contributed by atoms with van der Waals surface area (Å²) < 4.78 is 51.2. The maximum Gasteiger partial charge on any atom is 0.265 e. The van der Waals surface area contributed by atoms with Crippen LogP contribution >= 0.6 is 0 Å². The van der Waals surface area contributed by atoms with Gasteiger partial charge in [-0.05, 0) is 25.0 Å². The molecule has 1 aliphatic carbocycles. The summed E-state index contributed by atoms with van der Waals surface area (Å²) in [5, 5.41) is 11.6. The smallest absolute Gasteiger partial charge is 0.265 e. The molecule has 1 aliphatic rings. The largest absolute Gasteiger partial charge is 0.385 e. The van der Waals surface area contributed by atoms with Gasteiger partial charge in [0.25, 0.3) is 6.43 Å². The molecule has 1 saturated carbocycles. The van der Waals surface area contributed by atoms with E-state index in [1.807, 2.05) is 0 Å². The molecule has 0 aliphatic heterocycles. The fourth-order valence-electron chi connectivity index (χ4n) is 1.63. The number of hydrogen-bond acceptors (Lipinski definition) is 4. The van der Waals surface area contributed by atoms with Crippen LogP contribution in [0.25, 0.3) is 0 Å². The Hall–Kier alpha value is -1.25. The van der Waals surface area contributed by atoms with Crippen molar-refractivity contribution in [1.82, 2.24) is 4.72 Å². The Morgan fingerprint density at radius 3 is 2.55 bits per heavy atom. The summed E-state index contributed by atoms with van der Waals surface area (Å²) in [5.74, 6) is 0. The van der Waals surface area contributed by atoms with Crippen LogP contribution in [0, 0.1) is 0 Å². The standard InChI is InChI=1S/C12H16F2N2O3S/c13-12(14)10(17)7-15-9-3-1-2-4-11(9)20(18,19)16-8-5-6-8/h1-4,8,10,12,15-17H,5-7H2. The summed E-state index contributed by atoms with van der Waals surface area (Å²) >= 11 is 0. The van der Waals surface area contributed by atoms with E-state index in [2.05, 4.69) is 10.0 Å². The van der Waals surface area contributed by atoms with Crippen molar-refractivity contribution >= 4 is 15.7 Å². The van der Waals surface area contributed by atoms with Crippen molar-refractivity contribution in [2.45, 2.75) is 36.3 Å². The molecule has 112 valence electrons. The van der Waals surface area contributed by atoms with Gasteiger partial charge in [0.05, 0.1) is 5.69 Å². The van der Waals surface area contributed by atoms with Gasteiger partial charge in [-0.2, -0.15) is 0 Å². The second kappa shape index (κ2) is 6.02. The van der Waals surface area contributed by atoms with Crippen LogP contribution in [-0.4, -0.2) is 38.6 Å². The Morgan fingerprint density at radius 2 is 1.95 bits per heavy atom. The Bertz CT molecular complexity index is 562. The highest BCUT2D eigenvalue weighted by molar-refractivity contribution is 7.89. The van der Waals surface area contributed by atoms with Gasteiger partial charge in [-0.1, -0.05) is 12.1 Å². The van der Waals surface area contributed by atoms with Crippen molar-refractivity contribution in [3.63, 3.8) is 0 Å². The summed E-state index contributed by atoms with van der Waals surface area (Å²) in [4.78, 5) is -0.00614. The number of nitrogens with one attached hydrogen (secondary N) is 2. The van der Waals surface area contributed by atoms with Gasteiger partial charge >= 0.3 is 0 Å². The molecule has 0 aromatic heterocycles. The van der Waals surface area contributed by atoms with E-state index in [-0.39, 0.29) is 16.6 Å². The third-order valence-corrected chi connectivity index (χ3v) is 4.45. The fourth-order valence-corrected chi connectivity index (χ4v) is 3.12. The molecule has 2 rings (SSSR count). The van der Waals surface area contributed by atoms with E-state index in [1.54, 1.807) is 12.1 Å². The van der Waals surface area contributed by atoms with Crippen molar-refractivity contribution in [2.75, 3.05) is 11.9 Å². The minimum absolute atomic E-state index is 0.00614. The predicted molar refractivity (Wildman–Crippen MR) is 70.3 cm³/mol. The highest BCUT2D eigenvalue weighted by Gasteiger charge is 2.29. The van der Waals surface area contributed by atoms with E-state index in [0.717, 1.165) is 12.8 Å². The summed E-state index contributed by atoms with van der Waals surface area (Å²) in [6.45, 7) is -0.423. The first-order chi connectivity index (χ1) is 9.40. The van der Waals surface area contributed by atoms with Crippen molar-refractivity contribution in [3.05, 3.63) is 24.3 Å². The van der Waals surface area contributed by atoms with Gasteiger partial charge in [0, 0.05) is 12.6 Å². The van der Waals surface area contributed by atoms with E-state index in [9.17, 15) is 17.2 Å². The number of benzene rings is 1. The summed E-state index contributed by atoms with van der Waals surface area (Å²) in [6, 6.07) is 5.96. The number of aliphatic hydroxyl groups excluding tert-OH is 1. The van der Waals surface area contributed by atoms with Crippen LogP contribution in [0.5, 0.6) is 0 Å². The molecule has 0 spiro atoms. The molecule has 0 amide bonds. The lowest BCUT2D eigenvalue weighted by Gasteiger charge is -2.15. The van der Waals surface area contributed by atoms with Gasteiger partial charge in [-0.25, -0.2) is 21.9 Å². The second-order valence-corrected chi connectivity index (χ2v) is 6.36. The van der Waals surface area contributed by atoms with Gasteiger partial charge in [-0.15, -0.1) is 0 Å². The van der Waals surface area contributed by atoms with Gasteiger partial charge in [0.1, 0.15) is 11.0 Å². The zero-order valence-electron chi connectivity index (χ0n) is 10.6. The average Bonchev–Trinajstić information content (AvgIpc) is 3.19. The van der Waals surface area contributed by atoms with Gasteiger partial charge < -0.3 is 10.4 Å².